The summed E-state index contributed by atoms with van der Waals surface area (Å²) in [6.07, 6.45) is 3.59. The molecule has 0 aliphatic carbocycles. The van der Waals surface area contributed by atoms with Crippen LogP contribution in [0.25, 0.3) is 0 Å². The Morgan fingerprint density at radius 3 is 3.00 bits per heavy atom. The Balaban J connectivity index is 2.19. The maximum atomic E-state index is 5.73. The Kier molecular flexibility index (Phi) is 2.62. The Morgan fingerprint density at radius 2 is 2.36 bits per heavy atom. The Bertz CT molecular complexity index is 296. The van der Waals surface area contributed by atoms with Crippen LogP contribution in [-0.4, -0.2) is 39.3 Å². The average Bonchev–Trinajstić information content (AvgIpc) is 2.64. The van der Waals surface area contributed by atoms with Crippen LogP contribution in [0.1, 0.15) is 19.3 Å². The smallest absolute Gasteiger partial charge is 0.245 e. The van der Waals surface area contributed by atoms with Gasteiger partial charge in [0.2, 0.25) is 5.95 Å². The molecule has 2 rings (SSSR count). The van der Waals surface area contributed by atoms with Crippen molar-refractivity contribution in [3.8, 4) is 0 Å². The van der Waals surface area contributed by atoms with Crippen molar-refractivity contribution in [2.45, 2.75) is 25.3 Å². The topological polar surface area (TPSA) is 72.9 Å². The molecule has 2 N–H and O–H groups in total. The first kappa shape index (κ1) is 9.39. The van der Waals surface area contributed by atoms with Crippen LogP contribution in [0.4, 0.5) is 5.95 Å². The minimum atomic E-state index is 0.397. The van der Waals surface area contributed by atoms with Crippen LogP contribution in [-0.2, 0) is 7.05 Å². The molecule has 1 atom stereocenters. The Hall–Kier alpha value is -1.17. The van der Waals surface area contributed by atoms with Gasteiger partial charge in [0.05, 0.1) is 0 Å². The highest BCUT2D eigenvalue weighted by Crippen LogP contribution is 2.20. The number of nitrogens with two attached hydrogens (primary N) is 1. The van der Waals surface area contributed by atoms with E-state index < -0.39 is 0 Å². The van der Waals surface area contributed by atoms with E-state index in [0.29, 0.717) is 12.6 Å². The summed E-state index contributed by atoms with van der Waals surface area (Å²) in [5.41, 5.74) is 5.73. The summed E-state index contributed by atoms with van der Waals surface area (Å²) in [6.45, 7) is 1.68. The van der Waals surface area contributed by atoms with E-state index in [0.717, 1.165) is 18.9 Å². The first-order chi connectivity index (χ1) is 6.83. The second-order valence-electron chi connectivity index (χ2n) is 3.68. The monoisotopic (exact) mass is 196 g/mol. The number of hydrogen-bond donors (Lipinski definition) is 1. The molecule has 78 valence electrons. The van der Waals surface area contributed by atoms with Crippen molar-refractivity contribution < 1.29 is 0 Å². The van der Waals surface area contributed by atoms with Gasteiger partial charge >= 0.3 is 0 Å². The molecule has 0 radical (unpaired) electrons. The number of piperidine rings is 1. The van der Waals surface area contributed by atoms with E-state index in [1.807, 2.05) is 7.05 Å². The van der Waals surface area contributed by atoms with Gasteiger partial charge in [0.1, 0.15) is 0 Å². The first-order valence-electron chi connectivity index (χ1n) is 5.02. The Labute approximate surface area is 83.1 Å². The molecule has 1 fully saturated rings. The van der Waals surface area contributed by atoms with Crippen molar-refractivity contribution in [2.75, 3.05) is 18.0 Å². The van der Waals surface area contributed by atoms with Crippen molar-refractivity contribution in [2.24, 2.45) is 12.8 Å². The maximum Gasteiger partial charge on any atom is 0.245 e. The van der Waals surface area contributed by atoms with Crippen LogP contribution in [0, 0.1) is 0 Å². The van der Waals surface area contributed by atoms with E-state index >= 15 is 0 Å². The van der Waals surface area contributed by atoms with Crippen molar-refractivity contribution in [1.29, 1.82) is 0 Å². The molecule has 1 aromatic heterocycles. The predicted molar refractivity (Wildman–Crippen MR) is 52.8 cm³/mol. The van der Waals surface area contributed by atoms with Gasteiger partial charge in [-0.2, -0.15) is 0 Å². The van der Waals surface area contributed by atoms with Gasteiger partial charge in [-0.15, -0.1) is 0 Å². The fourth-order valence-electron chi connectivity index (χ4n) is 1.98. The summed E-state index contributed by atoms with van der Waals surface area (Å²) in [5.74, 6) is 0.833. The normalized spacial score (nSPS) is 22.7. The summed E-state index contributed by atoms with van der Waals surface area (Å²) < 4.78 is 1.70. The van der Waals surface area contributed by atoms with Crippen molar-refractivity contribution in [1.82, 2.24) is 20.2 Å². The lowest BCUT2D eigenvalue weighted by Crippen LogP contribution is -2.45. The molecule has 0 saturated carbocycles. The lowest BCUT2D eigenvalue weighted by Gasteiger charge is -2.34. The number of hydrogen-bond acceptors (Lipinski definition) is 5. The average molecular weight is 196 g/mol. The molecule has 6 nitrogen and oxygen atoms in total. The van der Waals surface area contributed by atoms with Crippen molar-refractivity contribution in [3.05, 3.63) is 0 Å². The highest BCUT2D eigenvalue weighted by atomic mass is 15.6. The van der Waals surface area contributed by atoms with Crippen LogP contribution < -0.4 is 10.6 Å². The summed E-state index contributed by atoms with van der Waals surface area (Å²) in [4.78, 5) is 2.21. The molecule has 0 bridgehead atoms. The molecule has 14 heavy (non-hydrogen) atoms. The van der Waals surface area contributed by atoms with E-state index in [2.05, 4.69) is 20.4 Å². The number of aryl methyl sites for hydroxylation is 1. The van der Waals surface area contributed by atoms with Gasteiger partial charge in [0.15, 0.2) is 0 Å². The van der Waals surface area contributed by atoms with Crippen LogP contribution in [0.2, 0.25) is 0 Å². The van der Waals surface area contributed by atoms with E-state index in [-0.39, 0.29) is 0 Å². The third-order valence-corrected chi connectivity index (χ3v) is 2.75. The molecular weight excluding hydrogens is 180 g/mol. The van der Waals surface area contributed by atoms with Gasteiger partial charge in [-0.25, -0.2) is 4.68 Å². The molecule has 1 aliphatic rings. The lowest BCUT2D eigenvalue weighted by atomic mass is 10.0. The van der Waals surface area contributed by atoms with E-state index in [4.69, 9.17) is 5.73 Å². The molecule has 6 heteroatoms. The minimum absolute atomic E-state index is 0.397. The fraction of sp³-hybridized carbons (Fsp3) is 0.875. The quantitative estimate of drug-likeness (QED) is 0.692. The van der Waals surface area contributed by atoms with E-state index in [9.17, 15) is 0 Å². The van der Waals surface area contributed by atoms with E-state index in [1.165, 1.54) is 12.8 Å². The molecule has 0 aromatic carbocycles. The van der Waals surface area contributed by atoms with Crippen LogP contribution in [0.3, 0.4) is 0 Å². The van der Waals surface area contributed by atoms with Gasteiger partial charge in [0, 0.05) is 26.2 Å². The summed E-state index contributed by atoms with van der Waals surface area (Å²) in [7, 11) is 1.86. The fourth-order valence-corrected chi connectivity index (χ4v) is 1.98. The summed E-state index contributed by atoms with van der Waals surface area (Å²) >= 11 is 0. The largest absolute Gasteiger partial charge is 0.335 e. The maximum absolute atomic E-state index is 5.73. The molecule has 1 aliphatic heterocycles. The lowest BCUT2D eigenvalue weighted by molar-refractivity contribution is 0.452. The van der Waals surface area contributed by atoms with Gasteiger partial charge < -0.3 is 10.6 Å². The molecular formula is C8H16N6. The highest BCUT2D eigenvalue weighted by molar-refractivity contribution is 5.30. The third-order valence-electron chi connectivity index (χ3n) is 2.75. The van der Waals surface area contributed by atoms with E-state index in [1.54, 1.807) is 4.68 Å². The molecule has 1 unspecified atom stereocenters. The summed E-state index contributed by atoms with van der Waals surface area (Å²) in [6, 6.07) is 0.397. The molecule has 0 spiro atoms. The minimum Gasteiger partial charge on any atom is -0.335 e. The number of anilines is 1. The van der Waals surface area contributed by atoms with Gasteiger partial charge in [0.25, 0.3) is 0 Å². The molecule has 1 saturated heterocycles. The zero-order valence-corrected chi connectivity index (χ0v) is 8.43. The van der Waals surface area contributed by atoms with Crippen molar-refractivity contribution in [3.63, 3.8) is 0 Å². The van der Waals surface area contributed by atoms with Crippen LogP contribution in [0.15, 0.2) is 0 Å². The van der Waals surface area contributed by atoms with Gasteiger partial charge in [-0.3, -0.25) is 0 Å². The predicted octanol–water partition coefficient (Wildman–Crippen LogP) is -0.472. The second kappa shape index (κ2) is 3.91. The number of rotatable bonds is 2. The first-order valence-corrected chi connectivity index (χ1v) is 5.02. The molecule has 0 amide bonds. The second-order valence-corrected chi connectivity index (χ2v) is 3.68. The number of nitrogens with zero attached hydrogens (tertiary/aromatic N) is 5. The van der Waals surface area contributed by atoms with Gasteiger partial charge in [-0.1, -0.05) is 5.10 Å². The molecule has 2 heterocycles. The van der Waals surface area contributed by atoms with Crippen LogP contribution >= 0.6 is 0 Å². The number of aromatic nitrogens is 4. The highest BCUT2D eigenvalue weighted by Gasteiger charge is 2.24. The zero-order chi connectivity index (χ0) is 9.97. The third kappa shape index (κ3) is 1.57. The van der Waals surface area contributed by atoms with Crippen LogP contribution in [0.5, 0.6) is 0 Å². The van der Waals surface area contributed by atoms with Gasteiger partial charge in [-0.05, 0) is 29.7 Å². The van der Waals surface area contributed by atoms with Crippen molar-refractivity contribution >= 4 is 5.95 Å². The molecule has 1 aromatic rings. The standard InChI is InChI=1S/C8H16N6/c1-13-8(10-11-12-13)14-5-3-2-4-7(14)6-9/h7H,2-6,9H2,1H3. The SMILES string of the molecule is Cn1nnnc1N1CCCCC1CN. The summed E-state index contributed by atoms with van der Waals surface area (Å²) in [5, 5.41) is 11.5. The Morgan fingerprint density at radius 1 is 1.50 bits per heavy atom. The zero-order valence-electron chi connectivity index (χ0n) is 8.43. The number of tetrazole rings is 1.